The van der Waals surface area contributed by atoms with Crippen molar-refractivity contribution in [3.8, 4) is 0 Å². The van der Waals surface area contributed by atoms with Crippen LogP contribution in [0.5, 0.6) is 0 Å². The monoisotopic (exact) mass is 336 g/mol. The predicted molar refractivity (Wildman–Crippen MR) is 95.8 cm³/mol. The molecule has 2 aromatic rings. The van der Waals surface area contributed by atoms with Gasteiger partial charge in [0.2, 0.25) is 0 Å². The molecule has 2 aromatic carbocycles. The third-order valence-corrected chi connectivity index (χ3v) is 3.40. The number of carbonyl (C=O) groups excluding carboxylic acids is 2. The number of hydrogen-bond acceptors (Lipinski definition) is 4. The molecule has 0 amide bonds. The van der Waals surface area contributed by atoms with Gasteiger partial charge in [-0.3, -0.25) is 0 Å². The minimum Gasteiger partial charge on any atom is -0.428 e. The SMILES string of the molecule is C=C(CCCC(=C)OC(=O)c1ccccc1)OC(=O)c1ccccc1. The van der Waals surface area contributed by atoms with Crippen molar-refractivity contribution in [2.75, 3.05) is 0 Å². The van der Waals surface area contributed by atoms with Gasteiger partial charge in [-0.1, -0.05) is 49.6 Å². The van der Waals surface area contributed by atoms with Crippen molar-refractivity contribution in [3.05, 3.63) is 96.5 Å². The fourth-order valence-corrected chi connectivity index (χ4v) is 2.11. The van der Waals surface area contributed by atoms with Gasteiger partial charge in [0.05, 0.1) is 11.1 Å². The Morgan fingerprint density at radius 2 is 1.04 bits per heavy atom. The highest BCUT2D eigenvalue weighted by molar-refractivity contribution is 5.90. The maximum atomic E-state index is 11.9. The lowest BCUT2D eigenvalue weighted by Gasteiger charge is -2.09. The first-order chi connectivity index (χ1) is 12.1. The summed E-state index contributed by atoms with van der Waals surface area (Å²) >= 11 is 0. The lowest BCUT2D eigenvalue weighted by molar-refractivity contribution is 0.0612. The average Bonchev–Trinajstić information content (AvgIpc) is 2.63. The highest BCUT2D eigenvalue weighted by Crippen LogP contribution is 2.15. The molecule has 4 heteroatoms. The second-order valence-corrected chi connectivity index (χ2v) is 5.44. The first-order valence-corrected chi connectivity index (χ1v) is 7.96. The van der Waals surface area contributed by atoms with Crippen LogP contribution in [0.3, 0.4) is 0 Å². The smallest absolute Gasteiger partial charge is 0.343 e. The number of benzene rings is 2. The molecular formula is C21H20O4. The van der Waals surface area contributed by atoms with Crippen LogP contribution in [0.25, 0.3) is 0 Å². The lowest BCUT2D eigenvalue weighted by atomic mass is 10.2. The molecule has 0 saturated heterocycles. The molecule has 0 aliphatic carbocycles. The summed E-state index contributed by atoms with van der Waals surface area (Å²) in [4.78, 5) is 23.8. The van der Waals surface area contributed by atoms with E-state index in [0.717, 1.165) is 0 Å². The van der Waals surface area contributed by atoms with Gasteiger partial charge in [-0.25, -0.2) is 9.59 Å². The zero-order chi connectivity index (χ0) is 18.1. The van der Waals surface area contributed by atoms with Gasteiger partial charge < -0.3 is 9.47 Å². The Bertz CT molecular complexity index is 682. The van der Waals surface area contributed by atoms with Gasteiger partial charge in [0.1, 0.15) is 11.5 Å². The van der Waals surface area contributed by atoms with E-state index in [-0.39, 0.29) is 0 Å². The molecule has 0 aliphatic heterocycles. The van der Waals surface area contributed by atoms with Crippen LogP contribution in [0.2, 0.25) is 0 Å². The zero-order valence-corrected chi connectivity index (χ0v) is 13.9. The van der Waals surface area contributed by atoms with E-state index in [1.165, 1.54) is 0 Å². The van der Waals surface area contributed by atoms with E-state index in [0.29, 0.717) is 41.9 Å². The second kappa shape index (κ2) is 9.23. The van der Waals surface area contributed by atoms with Gasteiger partial charge in [-0.2, -0.15) is 0 Å². The summed E-state index contributed by atoms with van der Waals surface area (Å²) in [5, 5.41) is 0. The standard InChI is InChI=1S/C21H20O4/c1-16(24-20(22)18-12-5-3-6-13-18)10-9-11-17(2)25-21(23)19-14-7-4-8-15-19/h3-8,12-15H,1-2,9-11H2. The van der Waals surface area contributed by atoms with Crippen molar-refractivity contribution in [1.82, 2.24) is 0 Å². The van der Waals surface area contributed by atoms with Crippen LogP contribution >= 0.6 is 0 Å². The van der Waals surface area contributed by atoms with Crippen molar-refractivity contribution in [3.63, 3.8) is 0 Å². The third-order valence-electron chi connectivity index (χ3n) is 3.40. The minimum atomic E-state index is -0.431. The molecule has 4 nitrogen and oxygen atoms in total. The first-order valence-electron chi connectivity index (χ1n) is 7.96. The molecule has 0 fully saturated rings. The van der Waals surface area contributed by atoms with Crippen LogP contribution < -0.4 is 0 Å². The first kappa shape index (κ1) is 18.2. The van der Waals surface area contributed by atoms with Gasteiger partial charge in [-0.05, 0) is 30.7 Å². The summed E-state index contributed by atoms with van der Waals surface area (Å²) in [6.07, 6.45) is 1.56. The molecule has 0 radical (unpaired) electrons. The van der Waals surface area contributed by atoms with Gasteiger partial charge in [-0.15, -0.1) is 0 Å². The number of carbonyl (C=O) groups is 2. The Morgan fingerprint density at radius 1 is 0.680 bits per heavy atom. The maximum Gasteiger partial charge on any atom is 0.343 e. The molecule has 0 unspecified atom stereocenters. The number of rotatable bonds is 8. The minimum absolute atomic E-state index is 0.371. The predicted octanol–water partition coefficient (Wildman–Crippen LogP) is 4.90. The average molecular weight is 336 g/mol. The molecule has 2 rings (SSSR count). The van der Waals surface area contributed by atoms with Crippen molar-refractivity contribution >= 4 is 11.9 Å². The number of ether oxygens (including phenoxy) is 2. The fourth-order valence-electron chi connectivity index (χ4n) is 2.11. The number of hydrogen-bond donors (Lipinski definition) is 0. The summed E-state index contributed by atoms with van der Waals surface area (Å²) in [6, 6.07) is 17.5. The molecule has 0 N–H and O–H groups in total. The Balaban J connectivity index is 1.69. The third kappa shape index (κ3) is 6.11. The number of allylic oxidation sites excluding steroid dienone is 2. The molecule has 0 aromatic heterocycles. The summed E-state index contributed by atoms with van der Waals surface area (Å²) in [6.45, 7) is 7.49. The summed E-state index contributed by atoms with van der Waals surface area (Å²) in [7, 11) is 0. The van der Waals surface area contributed by atoms with Crippen LogP contribution in [0.4, 0.5) is 0 Å². The van der Waals surface area contributed by atoms with Crippen molar-refractivity contribution in [2.24, 2.45) is 0 Å². The molecule has 0 aliphatic rings. The molecule has 128 valence electrons. The number of esters is 2. The van der Waals surface area contributed by atoms with Crippen LogP contribution in [0, 0.1) is 0 Å². The van der Waals surface area contributed by atoms with E-state index in [1.54, 1.807) is 48.5 Å². The molecular weight excluding hydrogens is 316 g/mol. The van der Waals surface area contributed by atoms with Gasteiger partial charge in [0.25, 0.3) is 0 Å². The topological polar surface area (TPSA) is 52.6 Å². The molecule has 0 bridgehead atoms. The van der Waals surface area contributed by atoms with E-state index in [1.807, 2.05) is 12.1 Å². The van der Waals surface area contributed by atoms with E-state index >= 15 is 0 Å². The van der Waals surface area contributed by atoms with Crippen LogP contribution in [-0.2, 0) is 9.47 Å². The van der Waals surface area contributed by atoms with E-state index in [2.05, 4.69) is 13.2 Å². The molecule has 25 heavy (non-hydrogen) atoms. The fraction of sp³-hybridized carbons (Fsp3) is 0.143. The second-order valence-electron chi connectivity index (χ2n) is 5.44. The van der Waals surface area contributed by atoms with E-state index in [9.17, 15) is 9.59 Å². The van der Waals surface area contributed by atoms with E-state index < -0.39 is 11.9 Å². The summed E-state index contributed by atoms with van der Waals surface area (Å²) in [5.41, 5.74) is 0.953. The van der Waals surface area contributed by atoms with Crippen LogP contribution in [0.1, 0.15) is 40.0 Å². The van der Waals surface area contributed by atoms with Crippen LogP contribution in [-0.4, -0.2) is 11.9 Å². The lowest BCUT2D eigenvalue weighted by Crippen LogP contribution is -2.06. The molecule has 0 spiro atoms. The van der Waals surface area contributed by atoms with E-state index in [4.69, 9.17) is 9.47 Å². The van der Waals surface area contributed by atoms with Crippen molar-refractivity contribution < 1.29 is 19.1 Å². The molecule has 0 atom stereocenters. The van der Waals surface area contributed by atoms with Crippen molar-refractivity contribution in [2.45, 2.75) is 19.3 Å². The Labute approximate surface area is 147 Å². The summed E-state index contributed by atoms with van der Waals surface area (Å²) < 4.78 is 10.4. The van der Waals surface area contributed by atoms with Crippen molar-refractivity contribution in [1.29, 1.82) is 0 Å². The normalized spacial score (nSPS) is 9.92. The quantitative estimate of drug-likeness (QED) is 0.508. The zero-order valence-electron chi connectivity index (χ0n) is 13.9. The van der Waals surface area contributed by atoms with Gasteiger partial charge in [0, 0.05) is 12.8 Å². The maximum absolute atomic E-state index is 11.9. The van der Waals surface area contributed by atoms with Gasteiger partial charge in [0.15, 0.2) is 0 Å². The molecule has 0 heterocycles. The molecule has 0 saturated carbocycles. The highest BCUT2D eigenvalue weighted by atomic mass is 16.5. The largest absolute Gasteiger partial charge is 0.428 e. The highest BCUT2D eigenvalue weighted by Gasteiger charge is 2.10. The Hall–Kier alpha value is -3.14. The Kier molecular flexibility index (Phi) is 6.72. The van der Waals surface area contributed by atoms with Crippen LogP contribution in [0.15, 0.2) is 85.3 Å². The Morgan fingerprint density at radius 3 is 1.40 bits per heavy atom. The summed E-state index contributed by atoms with van der Waals surface area (Å²) in [5.74, 6) is -0.119. The van der Waals surface area contributed by atoms with Gasteiger partial charge >= 0.3 is 11.9 Å².